The molecule has 25 heavy (non-hydrogen) atoms. The molecule has 2 aliphatic rings. The monoisotopic (exact) mass is 404 g/mol. The first-order valence-corrected chi connectivity index (χ1v) is 12.3. The number of benzene rings is 2. The fraction of sp³-hybridized carbons (Fsp3) is 0.333. The van der Waals surface area contributed by atoms with Gasteiger partial charge in [-0.1, -0.05) is 0 Å². The van der Waals surface area contributed by atoms with Crippen molar-refractivity contribution >= 4 is 0 Å². The van der Waals surface area contributed by atoms with Crippen molar-refractivity contribution in [1.29, 1.82) is 0 Å². The van der Waals surface area contributed by atoms with Gasteiger partial charge in [-0.05, 0) is 0 Å². The molecular formula is C24H26Zr. The van der Waals surface area contributed by atoms with Gasteiger partial charge in [-0.2, -0.15) is 0 Å². The molecule has 0 N–H and O–H groups in total. The van der Waals surface area contributed by atoms with E-state index in [4.69, 9.17) is 0 Å². The number of hydrogen-bond acceptors (Lipinski definition) is 0. The van der Waals surface area contributed by atoms with Crippen LogP contribution in [0.1, 0.15) is 54.8 Å². The Morgan fingerprint density at radius 3 is 1.92 bits per heavy atom. The second kappa shape index (κ2) is 7.20. The van der Waals surface area contributed by atoms with E-state index in [0.29, 0.717) is 3.63 Å². The van der Waals surface area contributed by atoms with Crippen LogP contribution < -0.4 is 0 Å². The van der Waals surface area contributed by atoms with Crippen molar-refractivity contribution in [3.63, 3.8) is 0 Å². The number of fused-ring (bicyclic) bond motifs is 3. The van der Waals surface area contributed by atoms with Crippen molar-refractivity contribution < 1.29 is 23.2 Å². The molecule has 0 aliphatic heterocycles. The number of hydrogen-bond donors (Lipinski definition) is 0. The summed E-state index contributed by atoms with van der Waals surface area (Å²) in [5.41, 5.74) is 9.53. The van der Waals surface area contributed by atoms with E-state index in [0.717, 1.165) is 5.92 Å². The van der Waals surface area contributed by atoms with Crippen molar-refractivity contribution in [2.45, 2.75) is 43.7 Å². The van der Waals surface area contributed by atoms with Gasteiger partial charge < -0.3 is 0 Å². The third kappa shape index (κ3) is 2.85. The van der Waals surface area contributed by atoms with Gasteiger partial charge in [0.1, 0.15) is 0 Å². The first-order valence-electron chi connectivity index (χ1n) is 9.66. The van der Waals surface area contributed by atoms with Gasteiger partial charge in [-0.3, -0.25) is 0 Å². The van der Waals surface area contributed by atoms with Crippen molar-refractivity contribution in [2.24, 2.45) is 5.92 Å². The van der Waals surface area contributed by atoms with E-state index in [1.54, 1.807) is 22.3 Å². The summed E-state index contributed by atoms with van der Waals surface area (Å²) < 4.78 is 2.52. The zero-order valence-electron chi connectivity index (χ0n) is 15.5. The van der Waals surface area contributed by atoms with Crippen LogP contribution in [0.4, 0.5) is 0 Å². The fourth-order valence-electron chi connectivity index (χ4n) is 4.68. The van der Waals surface area contributed by atoms with Crippen LogP contribution in [0.25, 0.3) is 11.1 Å². The molecule has 0 aromatic heterocycles. The molecular weight excluding hydrogens is 379 g/mol. The van der Waals surface area contributed by atoms with E-state index in [-0.39, 0.29) is 0 Å². The Morgan fingerprint density at radius 1 is 0.800 bits per heavy atom. The van der Waals surface area contributed by atoms with E-state index in [9.17, 15) is 0 Å². The molecule has 0 bridgehead atoms. The SMILES string of the molecule is CCC1=C(CC)C(CC)[C]([Zr][CH]2c3ccccc3-c3ccccc32)=C1. The van der Waals surface area contributed by atoms with Crippen molar-refractivity contribution in [2.75, 3.05) is 0 Å². The number of rotatable bonds is 5. The van der Waals surface area contributed by atoms with Crippen LogP contribution >= 0.6 is 0 Å². The van der Waals surface area contributed by atoms with Gasteiger partial charge in [0.05, 0.1) is 0 Å². The average molecular weight is 406 g/mol. The van der Waals surface area contributed by atoms with Crippen LogP contribution in [0.5, 0.6) is 0 Å². The molecule has 2 aromatic carbocycles. The summed E-state index contributed by atoms with van der Waals surface area (Å²) in [6.45, 7) is 7.04. The van der Waals surface area contributed by atoms with E-state index >= 15 is 0 Å². The minimum atomic E-state index is -0.719. The molecule has 1 atom stereocenters. The van der Waals surface area contributed by atoms with Crippen LogP contribution in [0.2, 0.25) is 0 Å². The van der Waals surface area contributed by atoms with Gasteiger partial charge in [-0.15, -0.1) is 0 Å². The minimum absolute atomic E-state index is 0.686. The molecule has 0 saturated carbocycles. The Balaban J connectivity index is 1.72. The predicted molar refractivity (Wildman–Crippen MR) is 103 cm³/mol. The van der Waals surface area contributed by atoms with Crippen LogP contribution in [0.3, 0.4) is 0 Å². The van der Waals surface area contributed by atoms with E-state index < -0.39 is 23.2 Å². The molecule has 0 heterocycles. The Kier molecular flexibility index (Phi) is 4.96. The summed E-state index contributed by atoms with van der Waals surface area (Å²) in [5, 5.41) is 0. The summed E-state index contributed by atoms with van der Waals surface area (Å²) in [7, 11) is 0. The van der Waals surface area contributed by atoms with Gasteiger partial charge in [0.2, 0.25) is 0 Å². The van der Waals surface area contributed by atoms with Gasteiger partial charge in [0.15, 0.2) is 0 Å². The second-order valence-electron chi connectivity index (χ2n) is 7.07. The van der Waals surface area contributed by atoms with E-state index in [1.165, 1.54) is 30.4 Å². The first kappa shape index (κ1) is 17.2. The van der Waals surface area contributed by atoms with Gasteiger partial charge in [0, 0.05) is 0 Å². The predicted octanol–water partition coefficient (Wildman–Crippen LogP) is 6.88. The Morgan fingerprint density at radius 2 is 1.40 bits per heavy atom. The van der Waals surface area contributed by atoms with Crippen LogP contribution in [0.15, 0.2) is 69.0 Å². The van der Waals surface area contributed by atoms with Crippen LogP contribution in [0, 0.1) is 5.92 Å². The summed E-state index contributed by atoms with van der Waals surface area (Å²) >= 11 is -0.719. The standard InChI is InChI=1S/C13H9.C11H17.Zr/c1-3-7-12-10(5-1)9-11-6-2-4-8-13(11)12;1-4-9-7-8-10(5-2)11(9)6-3;/h1-9H;7,10H,4-6H2,1-3H3;. The third-order valence-electron chi connectivity index (χ3n) is 5.85. The topological polar surface area (TPSA) is 0 Å². The Hall–Kier alpha value is -1.20. The molecule has 0 nitrogen and oxygen atoms in total. The van der Waals surface area contributed by atoms with Crippen molar-refractivity contribution in [1.82, 2.24) is 0 Å². The summed E-state index contributed by atoms with van der Waals surface area (Å²) in [6, 6.07) is 18.2. The molecule has 2 aromatic rings. The normalized spacial score (nSPS) is 19.0. The van der Waals surface area contributed by atoms with E-state index in [2.05, 4.69) is 75.4 Å². The summed E-state index contributed by atoms with van der Waals surface area (Å²) in [4.78, 5) is 0. The van der Waals surface area contributed by atoms with Crippen LogP contribution in [-0.2, 0) is 23.2 Å². The van der Waals surface area contributed by atoms with Gasteiger partial charge in [0.25, 0.3) is 0 Å². The first-order chi connectivity index (χ1) is 12.3. The van der Waals surface area contributed by atoms with E-state index in [1.807, 2.05) is 3.28 Å². The molecule has 126 valence electrons. The summed E-state index contributed by atoms with van der Waals surface area (Å²) in [6.07, 6.45) is 6.30. The maximum atomic E-state index is 2.61. The quantitative estimate of drug-likeness (QED) is 0.508. The average Bonchev–Trinajstić information content (AvgIpc) is 3.17. The Labute approximate surface area is 163 Å². The molecule has 0 fully saturated rings. The Bertz CT molecular complexity index is 810. The van der Waals surface area contributed by atoms with Crippen LogP contribution in [-0.4, -0.2) is 0 Å². The zero-order valence-corrected chi connectivity index (χ0v) is 17.9. The third-order valence-corrected chi connectivity index (χ3v) is 10.1. The van der Waals surface area contributed by atoms with Crippen molar-refractivity contribution in [3.8, 4) is 11.1 Å². The molecule has 0 spiro atoms. The molecule has 0 amide bonds. The van der Waals surface area contributed by atoms with Gasteiger partial charge >= 0.3 is 164 Å². The summed E-state index contributed by atoms with van der Waals surface area (Å²) in [5.74, 6) is 0.742. The van der Waals surface area contributed by atoms with Gasteiger partial charge in [-0.25, -0.2) is 0 Å². The fourth-order valence-corrected chi connectivity index (χ4v) is 9.56. The molecule has 1 heteroatoms. The maximum absolute atomic E-state index is 2.61. The molecule has 2 aliphatic carbocycles. The molecule has 0 saturated heterocycles. The molecule has 4 rings (SSSR count). The second-order valence-corrected chi connectivity index (χ2v) is 10.6. The molecule has 0 radical (unpaired) electrons. The van der Waals surface area contributed by atoms with Crippen molar-refractivity contribution in [3.05, 3.63) is 80.2 Å². The molecule has 1 unspecified atom stereocenters. The zero-order chi connectivity index (χ0) is 17.4. The number of allylic oxidation sites excluding steroid dienone is 4.